The Balaban J connectivity index is 1.45. The lowest BCUT2D eigenvalue weighted by Crippen LogP contribution is -2.26. The molecule has 4 aromatic rings. The zero-order valence-corrected chi connectivity index (χ0v) is 16.3. The first-order valence-corrected chi connectivity index (χ1v) is 9.57. The molecule has 0 spiro atoms. The standard InChI is InChI=1S/C18H17ClN10/c1-27-17(12-7-8-20-21-11-12)23-24-18(27)28-9-3-6-15(28)16-22-26-29(25-16)14-5-2-4-13(19)10-14/h2,4-5,7-8,10-11,15H,3,6,9H2,1H3/t15-/m1/s1. The molecular weight excluding hydrogens is 392 g/mol. The van der Waals surface area contributed by atoms with E-state index in [1.54, 1.807) is 18.5 Å². The molecule has 29 heavy (non-hydrogen) atoms. The first-order chi connectivity index (χ1) is 14.2. The molecule has 1 aromatic carbocycles. The van der Waals surface area contributed by atoms with E-state index < -0.39 is 0 Å². The third-order valence-electron chi connectivity index (χ3n) is 4.97. The van der Waals surface area contributed by atoms with Crippen LogP contribution in [0.3, 0.4) is 0 Å². The van der Waals surface area contributed by atoms with Crippen LogP contribution in [0.5, 0.6) is 0 Å². The van der Waals surface area contributed by atoms with Crippen LogP contribution in [0.1, 0.15) is 24.7 Å². The van der Waals surface area contributed by atoms with E-state index in [0.29, 0.717) is 10.8 Å². The topological polar surface area (TPSA) is 103 Å². The van der Waals surface area contributed by atoms with Crippen LogP contribution in [0.15, 0.2) is 42.7 Å². The van der Waals surface area contributed by atoms with Gasteiger partial charge in [-0.1, -0.05) is 17.7 Å². The lowest BCUT2D eigenvalue weighted by Gasteiger charge is -2.22. The predicted octanol–water partition coefficient (Wildman–Crippen LogP) is 2.24. The van der Waals surface area contributed by atoms with E-state index in [9.17, 15) is 0 Å². The summed E-state index contributed by atoms with van der Waals surface area (Å²) in [7, 11) is 1.94. The lowest BCUT2D eigenvalue weighted by molar-refractivity contribution is 0.639. The maximum atomic E-state index is 6.08. The molecule has 0 unspecified atom stereocenters. The fourth-order valence-electron chi connectivity index (χ4n) is 3.59. The third kappa shape index (κ3) is 3.21. The van der Waals surface area contributed by atoms with Crippen molar-refractivity contribution in [2.45, 2.75) is 18.9 Å². The van der Waals surface area contributed by atoms with E-state index in [4.69, 9.17) is 11.6 Å². The van der Waals surface area contributed by atoms with Gasteiger partial charge < -0.3 is 4.90 Å². The second-order valence-electron chi connectivity index (χ2n) is 6.78. The van der Waals surface area contributed by atoms with E-state index in [1.165, 1.54) is 4.80 Å². The maximum absolute atomic E-state index is 6.08. The SMILES string of the molecule is Cn1c(-c2ccnnc2)nnc1N1CCC[C@@H]1c1nnn(-c2cccc(Cl)c2)n1. The molecule has 0 N–H and O–H groups in total. The van der Waals surface area contributed by atoms with Gasteiger partial charge in [0.25, 0.3) is 0 Å². The predicted molar refractivity (Wildman–Crippen MR) is 106 cm³/mol. The van der Waals surface area contributed by atoms with E-state index in [-0.39, 0.29) is 6.04 Å². The molecule has 1 aliphatic heterocycles. The normalized spacial score (nSPS) is 16.5. The fraction of sp³-hybridized carbons (Fsp3) is 0.278. The molecule has 0 radical (unpaired) electrons. The van der Waals surface area contributed by atoms with Crippen LogP contribution in [0.2, 0.25) is 5.02 Å². The molecule has 0 bridgehead atoms. The van der Waals surface area contributed by atoms with Crippen LogP contribution in [0, 0.1) is 0 Å². The van der Waals surface area contributed by atoms with Crippen molar-refractivity contribution >= 4 is 17.5 Å². The van der Waals surface area contributed by atoms with E-state index in [0.717, 1.165) is 42.4 Å². The Labute approximate surface area is 171 Å². The summed E-state index contributed by atoms with van der Waals surface area (Å²) in [6, 6.07) is 9.21. The summed E-state index contributed by atoms with van der Waals surface area (Å²) in [4.78, 5) is 3.67. The molecule has 1 fully saturated rings. The Morgan fingerprint density at radius 3 is 2.86 bits per heavy atom. The molecule has 1 aliphatic rings. The Morgan fingerprint density at radius 2 is 2.03 bits per heavy atom. The monoisotopic (exact) mass is 408 g/mol. The first kappa shape index (κ1) is 17.7. The van der Waals surface area contributed by atoms with E-state index in [1.807, 2.05) is 35.9 Å². The number of rotatable bonds is 4. The summed E-state index contributed by atoms with van der Waals surface area (Å²) in [5, 5.41) is 30.2. The van der Waals surface area contributed by atoms with Crippen LogP contribution in [-0.4, -0.2) is 51.7 Å². The third-order valence-corrected chi connectivity index (χ3v) is 5.21. The molecule has 0 amide bonds. The van der Waals surface area contributed by atoms with Gasteiger partial charge in [0, 0.05) is 24.2 Å². The second-order valence-corrected chi connectivity index (χ2v) is 7.22. The van der Waals surface area contributed by atoms with Crippen molar-refractivity contribution in [2.75, 3.05) is 11.4 Å². The molecular formula is C18H17ClN10. The molecule has 1 saturated heterocycles. The Bertz CT molecular complexity index is 1140. The quantitative estimate of drug-likeness (QED) is 0.506. The van der Waals surface area contributed by atoms with Crippen LogP contribution in [0.4, 0.5) is 5.95 Å². The number of benzene rings is 1. The van der Waals surface area contributed by atoms with Crippen LogP contribution < -0.4 is 4.90 Å². The van der Waals surface area contributed by atoms with Crippen molar-refractivity contribution < 1.29 is 0 Å². The Morgan fingerprint density at radius 1 is 1.10 bits per heavy atom. The average molecular weight is 409 g/mol. The highest BCUT2D eigenvalue weighted by Gasteiger charge is 2.33. The molecule has 0 aliphatic carbocycles. The highest BCUT2D eigenvalue weighted by atomic mass is 35.5. The van der Waals surface area contributed by atoms with Crippen molar-refractivity contribution in [1.82, 2.24) is 45.2 Å². The number of halogens is 1. The summed E-state index contributed by atoms with van der Waals surface area (Å²) in [5.74, 6) is 2.15. The van der Waals surface area contributed by atoms with Gasteiger partial charge in [-0.05, 0) is 42.3 Å². The lowest BCUT2D eigenvalue weighted by atomic mass is 10.2. The minimum Gasteiger partial charge on any atom is -0.330 e. The Hall–Kier alpha value is -3.40. The van der Waals surface area contributed by atoms with Crippen LogP contribution in [0.25, 0.3) is 17.1 Å². The van der Waals surface area contributed by atoms with Gasteiger partial charge in [0.15, 0.2) is 11.6 Å². The highest BCUT2D eigenvalue weighted by Crippen LogP contribution is 2.34. The number of aromatic nitrogens is 9. The van der Waals surface area contributed by atoms with Gasteiger partial charge in [0.1, 0.15) is 0 Å². The molecule has 0 saturated carbocycles. The minimum atomic E-state index is -0.0192. The molecule has 146 valence electrons. The van der Waals surface area contributed by atoms with Gasteiger partial charge in [-0.2, -0.15) is 10.2 Å². The van der Waals surface area contributed by atoms with Gasteiger partial charge in [0.2, 0.25) is 5.95 Å². The van der Waals surface area contributed by atoms with Crippen molar-refractivity contribution in [2.24, 2.45) is 7.05 Å². The molecule has 10 nitrogen and oxygen atoms in total. The van der Waals surface area contributed by atoms with Crippen LogP contribution in [-0.2, 0) is 7.05 Å². The van der Waals surface area contributed by atoms with Crippen molar-refractivity contribution in [3.63, 3.8) is 0 Å². The summed E-state index contributed by atoms with van der Waals surface area (Å²) in [6.07, 6.45) is 5.24. The largest absolute Gasteiger partial charge is 0.330 e. The zero-order valence-electron chi connectivity index (χ0n) is 15.6. The fourth-order valence-corrected chi connectivity index (χ4v) is 3.77. The highest BCUT2D eigenvalue weighted by molar-refractivity contribution is 6.30. The van der Waals surface area contributed by atoms with Gasteiger partial charge in [-0.3, -0.25) is 4.57 Å². The number of hydrogen-bond acceptors (Lipinski definition) is 8. The summed E-state index contributed by atoms with van der Waals surface area (Å²) in [5.41, 5.74) is 1.63. The minimum absolute atomic E-state index is 0.0192. The van der Waals surface area contributed by atoms with Gasteiger partial charge in [-0.25, -0.2) is 0 Å². The maximum Gasteiger partial charge on any atom is 0.227 e. The number of nitrogens with zero attached hydrogens (tertiary/aromatic N) is 10. The van der Waals surface area contributed by atoms with Crippen LogP contribution >= 0.6 is 11.6 Å². The van der Waals surface area contributed by atoms with E-state index >= 15 is 0 Å². The van der Waals surface area contributed by atoms with Gasteiger partial charge in [-0.15, -0.1) is 25.2 Å². The number of tetrazole rings is 1. The summed E-state index contributed by atoms with van der Waals surface area (Å²) in [6.45, 7) is 0.844. The van der Waals surface area contributed by atoms with E-state index in [2.05, 4.69) is 40.7 Å². The first-order valence-electron chi connectivity index (χ1n) is 9.19. The molecule has 3 aromatic heterocycles. The second kappa shape index (κ2) is 7.21. The number of anilines is 1. The van der Waals surface area contributed by atoms with Crippen molar-refractivity contribution in [3.8, 4) is 17.1 Å². The molecule has 11 heteroatoms. The number of hydrogen-bond donors (Lipinski definition) is 0. The molecule has 5 rings (SSSR count). The molecule has 4 heterocycles. The van der Waals surface area contributed by atoms with Crippen molar-refractivity contribution in [3.05, 3.63) is 53.6 Å². The smallest absolute Gasteiger partial charge is 0.227 e. The Kier molecular flexibility index (Phi) is 4.39. The van der Waals surface area contributed by atoms with Crippen molar-refractivity contribution in [1.29, 1.82) is 0 Å². The van der Waals surface area contributed by atoms with Gasteiger partial charge in [0.05, 0.1) is 24.1 Å². The summed E-state index contributed by atoms with van der Waals surface area (Å²) >= 11 is 6.08. The molecule has 1 atom stereocenters. The summed E-state index contributed by atoms with van der Waals surface area (Å²) < 4.78 is 1.96. The van der Waals surface area contributed by atoms with Gasteiger partial charge >= 0.3 is 0 Å². The average Bonchev–Trinajstić information content (AvgIpc) is 3.47. The zero-order chi connectivity index (χ0) is 19.8.